The van der Waals surface area contributed by atoms with Crippen LogP contribution in [0.15, 0.2) is 18.2 Å². The van der Waals surface area contributed by atoms with Crippen LogP contribution < -0.4 is 0 Å². The molecule has 0 aromatic heterocycles. The van der Waals surface area contributed by atoms with E-state index >= 15 is 0 Å². The molecule has 0 fully saturated rings. The summed E-state index contributed by atoms with van der Waals surface area (Å²) in [6, 6.07) is 3.11. The monoisotopic (exact) mass is 238 g/mol. The number of benzene rings is 1. The standard InChI is InChI=1S/C9H6ClF3O2/c10-6-2-1-5(7(11)3-6)4-9(12,13)8(14)15/h1-3H,4H2,(H,14,15). The summed E-state index contributed by atoms with van der Waals surface area (Å²) in [6.07, 6.45) is -1.19. The summed E-state index contributed by atoms with van der Waals surface area (Å²) in [5.74, 6) is -7.20. The molecule has 0 saturated heterocycles. The second-order valence-corrected chi connectivity index (χ2v) is 3.36. The molecule has 82 valence electrons. The Labute approximate surface area is 88.3 Å². The van der Waals surface area contributed by atoms with E-state index < -0.39 is 24.1 Å². The third kappa shape index (κ3) is 2.86. The van der Waals surface area contributed by atoms with Crippen LogP contribution in [0.4, 0.5) is 13.2 Å². The van der Waals surface area contributed by atoms with E-state index in [9.17, 15) is 18.0 Å². The minimum atomic E-state index is -3.98. The van der Waals surface area contributed by atoms with Crippen molar-refractivity contribution >= 4 is 17.6 Å². The summed E-state index contributed by atoms with van der Waals surface area (Å²) in [4.78, 5) is 10.1. The molecule has 0 aliphatic heterocycles. The summed E-state index contributed by atoms with van der Waals surface area (Å²) in [5, 5.41) is 8.21. The first-order valence-electron chi connectivity index (χ1n) is 3.88. The fourth-order valence-corrected chi connectivity index (χ4v) is 1.14. The molecule has 0 saturated carbocycles. The highest BCUT2D eigenvalue weighted by molar-refractivity contribution is 6.30. The largest absolute Gasteiger partial charge is 0.477 e. The molecule has 1 aromatic rings. The highest BCUT2D eigenvalue weighted by Crippen LogP contribution is 2.23. The quantitative estimate of drug-likeness (QED) is 0.879. The lowest BCUT2D eigenvalue weighted by Gasteiger charge is -2.11. The van der Waals surface area contributed by atoms with Gasteiger partial charge < -0.3 is 5.11 Å². The molecule has 0 amide bonds. The Morgan fingerprint density at radius 2 is 2.07 bits per heavy atom. The summed E-state index contributed by atoms with van der Waals surface area (Å²) >= 11 is 5.41. The fraction of sp³-hybridized carbons (Fsp3) is 0.222. The predicted molar refractivity (Wildman–Crippen MR) is 47.7 cm³/mol. The van der Waals surface area contributed by atoms with E-state index in [1.807, 2.05) is 0 Å². The summed E-state index contributed by atoms with van der Waals surface area (Å²) in [6.45, 7) is 0. The first-order valence-corrected chi connectivity index (χ1v) is 4.26. The zero-order valence-corrected chi connectivity index (χ0v) is 8.06. The van der Waals surface area contributed by atoms with Gasteiger partial charge in [0.2, 0.25) is 0 Å². The van der Waals surface area contributed by atoms with Gasteiger partial charge in [0.15, 0.2) is 0 Å². The molecule has 6 heteroatoms. The van der Waals surface area contributed by atoms with Crippen LogP contribution in [0, 0.1) is 5.82 Å². The van der Waals surface area contributed by atoms with Crippen molar-refractivity contribution in [3.63, 3.8) is 0 Å². The zero-order valence-electron chi connectivity index (χ0n) is 7.31. The van der Waals surface area contributed by atoms with Gasteiger partial charge in [-0.25, -0.2) is 9.18 Å². The first-order chi connectivity index (χ1) is 6.83. The molecule has 0 aliphatic carbocycles. The van der Waals surface area contributed by atoms with Crippen molar-refractivity contribution in [2.75, 3.05) is 0 Å². The van der Waals surface area contributed by atoms with Crippen molar-refractivity contribution in [2.45, 2.75) is 12.3 Å². The Morgan fingerprint density at radius 1 is 1.47 bits per heavy atom. The number of carboxylic acids is 1. The number of halogens is 4. The number of aliphatic carboxylic acids is 1. The predicted octanol–water partition coefficient (Wildman–Crippen LogP) is 2.74. The highest BCUT2D eigenvalue weighted by atomic mass is 35.5. The SMILES string of the molecule is O=C(O)C(F)(F)Cc1ccc(Cl)cc1F. The molecular weight excluding hydrogens is 233 g/mol. The van der Waals surface area contributed by atoms with Crippen LogP contribution in [0.5, 0.6) is 0 Å². The van der Waals surface area contributed by atoms with E-state index in [1.54, 1.807) is 0 Å². The normalized spacial score (nSPS) is 11.5. The van der Waals surface area contributed by atoms with Gasteiger partial charge in [-0.05, 0) is 17.7 Å². The Hall–Kier alpha value is -1.23. The van der Waals surface area contributed by atoms with Crippen molar-refractivity contribution in [1.82, 2.24) is 0 Å². The molecule has 0 atom stereocenters. The molecule has 0 unspecified atom stereocenters. The molecule has 0 aliphatic rings. The number of hydrogen-bond acceptors (Lipinski definition) is 1. The van der Waals surface area contributed by atoms with Gasteiger partial charge in [-0.3, -0.25) is 0 Å². The molecule has 0 bridgehead atoms. The van der Waals surface area contributed by atoms with Gasteiger partial charge in [0, 0.05) is 5.02 Å². The fourth-order valence-electron chi connectivity index (χ4n) is 0.980. The van der Waals surface area contributed by atoms with Crippen LogP contribution in [0.2, 0.25) is 5.02 Å². The second-order valence-electron chi connectivity index (χ2n) is 2.92. The Bertz CT molecular complexity index is 393. The maximum absolute atomic E-state index is 13.0. The maximum atomic E-state index is 13.0. The highest BCUT2D eigenvalue weighted by Gasteiger charge is 2.39. The molecule has 1 aromatic carbocycles. The van der Waals surface area contributed by atoms with Gasteiger partial charge in [0.05, 0.1) is 6.42 Å². The summed E-state index contributed by atoms with van der Waals surface area (Å²) in [5.41, 5.74) is -0.383. The molecule has 2 nitrogen and oxygen atoms in total. The summed E-state index contributed by atoms with van der Waals surface area (Å²) in [7, 11) is 0. The minimum absolute atomic E-state index is 0.0647. The van der Waals surface area contributed by atoms with Crippen LogP contribution in [-0.4, -0.2) is 17.0 Å². The lowest BCUT2D eigenvalue weighted by Crippen LogP contribution is -2.31. The van der Waals surface area contributed by atoms with E-state index in [0.717, 1.165) is 12.1 Å². The Balaban J connectivity index is 2.95. The van der Waals surface area contributed by atoms with E-state index in [2.05, 4.69) is 0 Å². The topological polar surface area (TPSA) is 37.3 Å². The smallest absolute Gasteiger partial charge is 0.374 e. The van der Waals surface area contributed by atoms with Crippen molar-refractivity contribution in [1.29, 1.82) is 0 Å². The van der Waals surface area contributed by atoms with Gasteiger partial charge in [0.25, 0.3) is 0 Å². The number of carbonyl (C=O) groups is 1. The third-order valence-electron chi connectivity index (χ3n) is 1.74. The number of alkyl halides is 2. The van der Waals surface area contributed by atoms with E-state index in [1.165, 1.54) is 6.07 Å². The van der Waals surface area contributed by atoms with E-state index in [0.29, 0.717) is 0 Å². The molecule has 1 N–H and O–H groups in total. The van der Waals surface area contributed by atoms with Crippen molar-refractivity contribution in [3.05, 3.63) is 34.6 Å². The molecule has 0 spiro atoms. The van der Waals surface area contributed by atoms with Crippen LogP contribution in [0.25, 0.3) is 0 Å². The lowest BCUT2D eigenvalue weighted by atomic mass is 10.1. The Morgan fingerprint density at radius 3 is 2.53 bits per heavy atom. The van der Waals surface area contributed by atoms with Crippen molar-refractivity contribution in [2.24, 2.45) is 0 Å². The third-order valence-corrected chi connectivity index (χ3v) is 1.98. The van der Waals surface area contributed by atoms with Crippen LogP contribution in [0.3, 0.4) is 0 Å². The second kappa shape index (κ2) is 4.10. The number of hydrogen-bond donors (Lipinski definition) is 1. The zero-order chi connectivity index (χ0) is 11.6. The van der Waals surface area contributed by atoms with Crippen molar-refractivity contribution in [3.8, 4) is 0 Å². The number of rotatable bonds is 3. The summed E-state index contributed by atoms with van der Waals surface area (Å²) < 4.78 is 38.5. The van der Waals surface area contributed by atoms with Crippen molar-refractivity contribution < 1.29 is 23.1 Å². The molecular formula is C9H6ClF3O2. The molecule has 0 radical (unpaired) electrons. The molecule has 1 rings (SSSR count). The van der Waals surface area contributed by atoms with E-state index in [4.69, 9.17) is 16.7 Å². The Kier molecular flexibility index (Phi) is 3.24. The van der Waals surface area contributed by atoms with Gasteiger partial charge >= 0.3 is 11.9 Å². The van der Waals surface area contributed by atoms with E-state index in [-0.39, 0.29) is 10.6 Å². The van der Waals surface area contributed by atoms with Gasteiger partial charge in [0.1, 0.15) is 5.82 Å². The van der Waals surface area contributed by atoms with Crippen LogP contribution in [-0.2, 0) is 11.2 Å². The van der Waals surface area contributed by atoms with Gasteiger partial charge in [-0.2, -0.15) is 8.78 Å². The average molecular weight is 239 g/mol. The van der Waals surface area contributed by atoms with Crippen LogP contribution in [0.1, 0.15) is 5.56 Å². The van der Waals surface area contributed by atoms with Crippen LogP contribution >= 0.6 is 11.6 Å². The first kappa shape index (κ1) is 11.8. The molecule has 15 heavy (non-hydrogen) atoms. The lowest BCUT2D eigenvalue weighted by molar-refractivity contribution is -0.164. The molecule has 0 heterocycles. The number of carboxylic acid groups (broad SMARTS) is 1. The van der Waals surface area contributed by atoms with Gasteiger partial charge in [-0.15, -0.1) is 0 Å². The average Bonchev–Trinajstić information content (AvgIpc) is 2.09. The van der Waals surface area contributed by atoms with Gasteiger partial charge in [-0.1, -0.05) is 17.7 Å². The minimum Gasteiger partial charge on any atom is -0.477 e. The maximum Gasteiger partial charge on any atom is 0.374 e.